The molecule has 0 saturated carbocycles. The molecular formula is C13H20N4O3S. The van der Waals surface area contributed by atoms with Gasteiger partial charge in [-0.3, -0.25) is 4.79 Å². The van der Waals surface area contributed by atoms with E-state index in [0.29, 0.717) is 31.2 Å². The predicted octanol–water partition coefficient (Wildman–Crippen LogP) is 0.159. The van der Waals surface area contributed by atoms with Crippen molar-refractivity contribution in [3.8, 4) is 0 Å². The zero-order valence-electron chi connectivity index (χ0n) is 11.8. The number of aromatic nitrogens is 1. The summed E-state index contributed by atoms with van der Waals surface area (Å²) in [5, 5.41) is 10.5. The predicted molar refractivity (Wildman–Crippen MR) is 80.7 cm³/mol. The van der Waals surface area contributed by atoms with Crippen LogP contribution in [-0.4, -0.2) is 66.4 Å². The summed E-state index contributed by atoms with van der Waals surface area (Å²) in [5.74, 6) is 0.162. The Morgan fingerprint density at radius 2 is 2.14 bits per heavy atom. The number of hydrogen-bond acceptors (Lipinski definition) is 7. The standard InChI is InChI=1S/C13H20N4O3S/c14-11-10(12(19)17-3-1-2-9(18)8-17)21-13(15-11)16-4-6-20-7-5-16/h9,18H,1-8,14H2. The molecule has 0 spiro atoms. The van der Waals surface area contributed by atoms with Crippen LogP contribution in [0.25, 0.3) is 0 Å². The molecule has 2 fully saturated rings. The lowest BCUT2D eigenvalue weighted by Gasteiger charge is -2.29. The molecule has 2 saturated heterocycles. The third-order valence-corrected chi connectivity index (χ3v) is 4.92. The lowest BCUT2D eigenvalue weighted by molar-refractivity contribution is 0.0478. The second kappa shape index (κ2) is 6.17. The molecule has 3 rings (SSSR count). The van der Waals surface area contributed by atoms with E-state index in [-0.39, 0.29) is 11.7 Å². The fourth-order valence-electron chi connectivity index (χ4n) is 2.65. The number of carbonyl (C=O) groups is 1. The Hall–Kier alpha value is -1.38. The van der Waals surface area contributed by atoms with E-state index in [2.05, 4.69) is 9.88 Å². The topological polar surface area (TPSA) is 91.9 Å². The molecule has 3 heterocycles. The highest BCUT2D eigenvalue weighted by atomic mass is 32.1. The fraction of sp³-hybridized carbons (Fsp3) is 0.692. The second-order valence-electron chi connectivity index (χ2n) is 5.36. The van der Waals surface area contributed by atoms with E-state index in [1.54, 1.807) is 4.90 Å². The minimum atomic E-state index is -0.435. The number of ether oxygens (including phenoxy) is 1. The number of nitrogens with two attached hydrogens (primary N) is 1. The van der Waals surface area contributed by atoms with Gasteiger partial charge in [-0.05, 0) is 12.8 Å². The number of thiazole rings is 1. The molecule has 2 aliphatic rings. The average Bonchev–Trinajstić information content (AvgIpc) is 2.89. The normalized spacial score (nSPS) is 23.4. The van der Waals surface area contributed by atoms with Crippen molar-refractivity contribution in [3.05, 3.63) is 4.88 Å². The molecule has 3 N–H and O–H groups in total. The van der Waals surface area contributed by atoms with Crippen molar-refractivity contribution < 1.29 is 14.6 Å². The molecule has 1 atom stereocenters. The maximum Gasteiger partial charge on any atom is 0.267 e. The zero-order valence-corrected chi connectivity index (χ0v) is 12.6. The minimum absolute atomic E-state index is 0.122. The van der Waals surface area contributed by atoms with Gasteiger partial charge in [0.15, 0.2) is 5.13 Å². The number of morpholine rings is 1. The first kappa shape index (κ1) is 14.6. The summed E-state index contributed by atoms with van der Waals surface area (Å²) in [4.78, 5) is 21.1. The Kier molecular flexibility index (Phi) is 4.27. The van der Waals surface area contributed by atoms with Crippen LogP contribution in [0.15, 0.2) is 0 Å². The summed E-state index contributed by atoms with van der Waals surface area (Å²) in [5.41, 5.74) is 5.92. The number of aliphatic hydroxyl groups is 1. The summed E-state index contributed by atoms with van der Waals surface area (Å²) in [6, 6.07) is 0. The zero-order chi connectivity index (χ0) is 14.8. The van der Waals surface area contributed by atoms with Gasteiger partial charge in [0.05, 0.1) is 19.3 Å². The number of nitrogens with zero attached hydrogens (tertiary/aromatic N) is 3. The van der Waals surface area contributed by atoms with E-state index < -0.39 is 6.10 Å². The number of aliphatic hydroxyl groups excluding tert-OH is 1. The van der Waals surface area contributed by atoms with Crippen molar-refractivity contribution in [2.24, 2.45) is 0 Å². The molecule has 1 amide bonds. The molecule has 21 heavy (non-hydrogen) atoms. The summed E-state index contributed by atoms with van der Waals surface area (Å²) >= 11 is 1.33. The maximum atomic E-state index is 12.5. The number of nitrogen functional groups attached to an aromatic ring is 1. The summed E-state index contributed by atoms with van der Waals surface area (Å²) in [6.45, 7) is 3.91. The van der Waals surface area contributed by atoms with Crippen molar-refractivity contribution in [2.75, 3.05) is 50.0 Å². The van der Waals surface area contributed by atoms with E-state index in [4.69, 9.17) is 10.5 Å². The monoisotopic (exact) mass is 312 g/mol. The third kappa shape index (κ3) is 3.12. The highest BCUT2D eigenvalue weighted by molar-refractivity contribution is 7.18. The Bertz CT molecular complexity index is 516. The van der Waals surface area contributed by atoms with Gasteiger partial charge in [0, 0.05) is 26.2 Å². The summed E-state index contributed by atoms with van der Waals surface area (Å²) in [7, 11) is 0. The lowest BCUT2D eigenvalue weighted by Crippen LogP contribution is -2.42. The van der Waals surface area contributed by atoms with E-state index >= 15 is 0 Å². The van der Waals surface area contributed by atoms with Gasteiger partial charge in [0.25, 0.3) is 5.91 Å². The van der Waals surface area contributed by atoms with Gasteiger partial charge in [-0.2, -0.15) is 0 Å². The van der Waals surface area contributed by atoms with Gasteiger partial charge in [-0.1, -0.05) is 11.3 Å². The number of β-amino-alcohol motifs (C(OH)–C–C–N with tert-alkyl or cyclic N) is 1. The van der Waals surface area contributed by atoms with Crippen LogP contribution >= 0.6 is 11.3 Å². The Morgan fingerprint density at radius 3 is 2.86 bits per heavy atom. The maximum absolute atomic E-state index is 12.5. The molecule has 1 aromatic heterocycles. The molecule has 1 aromatic rings. The smallest absolute Gasteiger partial charge is 0.267 e. The molecule has 0 radical (unpaired) electrons. The van der Waals surface area contributed by atoms with Crippen molar-refractivity contribution in [3.63, 3.8) is 0 Å². The molecule has 2 aliphatic heterocycles. The fourth-order valence-corrected chi connectivity index (χ4v) is 3.65. The summed E-state index contributed by atoms with van der Waals surface area (Å²) < 4.78 is 5.31. The van der Waals surface area contributed by atoms with Crippen molar-refractivity contribution in [2.45, 2.75) is 18.9 Å². The molecule has 7 nitrogen and oxygen atoms in total. The van der Waals surface area contributed by atoms with Gasteiger partial charge >= 0.3 is 0 Å². The highest BCUT2D eigenvalue weighted by Gasteiger charge is 2.27. The van der Waals surface area contributed by atoms with Gasteiger partial charge < -0.3 is 25.4 Å². The number of piperidine rings is 1. The number of amides is 1. The first-order valence-corrected chi connectivity index (χ1v) is 8.03. The van der Waals surface area contributed by atoms with Gasteiger partial charge in [-0.15, -0.1) is 0 Å². The van der Waals surface area contributed by atoms with E-state index in [0.717, 1.165) is 31.1 Å². The van der Waals surface area contributed by atoms with Crippen molar-refractivity contribution >= 4 is 28.2 Å². The molecule has 0 aliphatic carbocycles. The molecule has 116 valence electrons. The number of carbonyl (C=O) groups excluding carboxylic acids is 1. The highest BCUT2D eigenvalue weighted by Crippen LogP contribution is 2.30. The molecular weight excluding hydrogens is 292 g/mol. The van der Waals surface area contributed by atoms with Crippen LogP contribution < -0.4 is 10.6 Å². The number of anilines is 2. The molecule has 8 heteroatoms. The number of hydrogen-bond donors (Lipinski definition) is 2. The average molecular weight is 312 g/mol. The van der Waals surface area contributed by atoms with Crippen LogP contribution in [0.1, 0.15) is 22.5 Å². The first-order valence-electron chi connectivity index (χ1n) is 7.21. The van der Waals surface area contributed by atoms with E-state index in [1.807, 2.05) is 0 Å². The number of likely N-dealkylation sites (tertiary alicyclic amines) is 1. The van der Waals surface area contributed by atoms with E-state index in [9.17, 15) is 9.90 Å². The van der Waals surface area contributed by atoms with Crippen LogP contribution in [0.5, 0.6) is 0 Å². The van der Waals surface area contributed by atoms with Crippen molar-refractivity contribution in [1.82, 2.24) is 9.88 Å². The quantitative estimate of drug-likeness (QED) is 0.808. The van der Waals surface area contributed by atoms with Crippen LogP contribution in [-0.2, 0) is 4.74 Å². The molecule has 0 bridgehead atoms. The van der Waals surface area contributed by atoms with Crippen LogP contribution in [0.3, 0.4) is 0 Å². The Morgan fingerprint density at radius 1 is 1.38 bits per heavy atom. The van der Waals surface area contributed by atoms with Crippen LogP contribution in [0, 0.1) is 0 Å². The Balaban J connectivity index is 1.75. The van der Waals surface area contributed by atoms with E-state index in [1.165, 1.54) is 11.3 Å². The summed E-state index contributed by atoms with van der Waals surface area (Å²) in [6.07, 6.45) is 1.14. The van der Waals surface area contributed by atoms with Gasteiger partial charge in [0.2, 0.25) is 0 Å². The van der Waals surface area contributed by atoms with Gasteiger partial charge in [-0.25, -0.2) is 4.98 Å². The van der Waals surface area contributed by atoms with Crippen LogP contribution in [0.2, 0.25) is 0 Å². The minimum Gasteiger partial charge on any atom is -0.391 e. The number of rotatable bonds is 2. The Labute approximate surface area is 127 Å². The molecule has 0 aromatic carbocycles. The lowest BCUT2D eigenvalue weighted by atomic mass is 10.1. The molecule has 1 unspecified atom stereocenters. The largest absolute Gasteiger partial charge is 0.391 e. The second-order valence-corrected chi connectivity index (χ2v) is 6.33. The first-order chi connectivity index (χ1) is 10.1. The SMILES string of the molecule is Nc1nc(N2CCOCC2)sc1C(=O)N1CCCC(O)C1. The van der Waals surface area contributed by atoms with Gasteiger partial charge in [0.1, 0.15) is 10.7 Å². The van der Waals surface area contributed by atoms with Crippen molar-refractivity contribution in [1.29, 1.82) is 0 Å². The van der Waals surface area contributed by atoms with Crippen LogP contribution in [0.4, 0.5) is 10.9 Å². The third-order valence-electron chi connectivity index (χ3n) is 3.80.